The zero-order chi connectivity index (χ0) is 16.4. The molecule has 5 heteroatoms. The van der Waals surface area contributed by atoms with E-state index in [-0.39, 0.29) is 18.2 Å². The van der Waals surface area contributed by atoms with Gasteiger partial charge >= 0.3 is 5.97 Å². The lowest BCUT2D eigenvalue weighted by Gasteiger charge is -2.19. The number of esters is 1. The summed E-state index contributed by atoms with van der Waals surface area (Å²) in [7, 11) is 0. The number of carbonyl (C=O) groups excluding carboxylic acids is 2. The Labute approximate surface area is 132 Å². The summed E-state index contributed by atoms with van der Waals surface area (Å²) < 4.78 is 23.5. The minimum absolute atomic E-state index is 0.104. The van der Waals surface area contributed by atoms with Crippen LogP contribution in [0.25, 0.3) is 6.08 Å². The number of rotatable bonds is 2. The van der Waals surface area contributed by atoms with Crippen molar-refractivity contribution in [1.29, 1.82) is 0 Å². The van der Waals surface area contributed by atoms with E-state index >= 15 is 0 Å². The van der Waals surface area contributed by atoms with Crippen molar-refractivity contribution in [3.8, 4) is 11.5 Å². The first-order valence-electron chi connectivity index (χ1n) is 6.99. The van der Waals surface area contributed by atoms with E-state index in [9.17, 15) is 14.0 Å². The number of ketones is 1. The number of benzene rings is 2. The summed E-state index contributed by atoms with van der Waals surface area (Å²) in [6.45, 7) is 1.40. The summed E-state index contributed by atoms with van der Waals surface area (Å²) in [6, 6.07) is 10.5. The first-order chi connectivity index (χ1) is 11.0. The fraction of sp³-hybridized carbons (Fsp3) is 0.111. The second-order valence-corrected chi connectivity index (χ2v) is 5.09. The minimum Gasteiger partial charge on any atom is -0.488 e. The van der Waals surface area contributed by atoms with Gasteiger partial charge in [-0.25, -0.2) is 4.39 Å². The van der Waals surface area contributed by atoms with Gasteiger partial charge in [-0.15, -0.1) is 0 Å². The highest BCUT2D eigenvalue weighted by molar-refractivity contribution is 6.14. The summed E-state index contributed by atoms with van der Waals surface area (Å²) in [4.78, 5) is 23.5. The van der Waals surface area contributed by atoms with E-state index in [0.717, 1.165) is 5.56 Å². The topological polar surface area (TPSA) is 52.6 Å². The van der Waals surface area contributed by atoms with Crippen LogP contribution in [0.1, 0.15) is 22.8 Å². The normalized spacial score (nSPS) is 15.0. The van der Waals surface area contributed by atoms with Crippen LogP contribution in [0.15, 0.2) is 48.0 Å². The fourth-order valence-electron chi connectivity index (χ4n) is 2.30. The number of ether oxygens (including phenoxy) is 2. The number of halogens is 1. The molecule has 0 saturated heterocycles. The molecule has 2 aromatic carbocycles. The molecule has 3 rings (SSSR count). The van der Waals surface area contributed by atoms with Gasteiger partial charge in [-0.2, -0.15) is 0 Å². The van der Waals surface area contributed by atoms with Gasteiger partial charge in [0.15, 0.2) is 5.78 Å². The van der Waals surface area contributed by atoms with Gasteiger partial charge in [0.05, 0.1) is 5.56 Å². The third-order valence-corrected chi connectivity index (χ3v) is 3.35. The van der Waals surface area contributed by atoms with Crippen LogP contribution < -0.4 is 9.47 Å². The molecule has 116 valence electrons. The van der Waals surface area contributed by atoms with E-state index in [2.05, 4.69) is 0 Å². The number of fused-ring (bicyclic) bond motifs is 1. The van der Waals surface area contributed by atoms with Crippen LogP contribution in [0.3, 0.4) is 0 Å². The Kier molecular flexibility index (Phi) is 3.93. The highest BCUT2D eigenvalue weighted by atomic mass is 19.1. The maximum Gasteiger partial charge on any atom is 0.308 e. The van der Waals surface area contributed by atoms with E-state index in [1.807, 2.05) is 0 Å². The molecule has 0 bridgehead atoms. The van der Waals surface area contributed by atoms with E-state index in [1.54, 1.807) is 30.3 Å². The zero-order valence-corrected chi connectivity index (χ0v) is 12.3. The zero-order valence-electron chi connectivity index (χ0n) is 12.3. The van der Waals surface area contributed by atoms with Crippen molar-refractivity contribution >= 4 is 17.8 Å². The second kappa shape index (κ2) is 6.04. The highest BCUT2D eigenvalue weighted by Crippen LogP contribution is 2.31. The summed E-state index contributed by atoms with van der Waals surface area (Å²) >= 11 is 0. The largest absolute Gasteiger partial charge is 0.488 e. The Morgan fingerprint density at radius 3 is 2.65 bits per heavy atom. The van der Waals surface area contributed by atoms with Crippen LogP contribution in [-0.4, -0.2) is 18.4 Å². The molecule has 0 radical (unpaired) electrons. The van der Waals surface area contributed by atoms with Gasteiger partial charge in [0.1, 0.15) is 23.9 Å². The molecule has 1 aliphatic rings. The van der Waals surface area contributed by atoms with Gasteiger partial charge in [0, 0.05) is 18.6 Å². The van der Waals surface area contributed by atoms with Crippen LogP contribution >= 0.6 is 0 Å². The number of hydrogen-bond acceptors (Lipinski definition) is 4. The Balaban J connectivity index is 1.88. The first-order valence-corrected chi connectivity index (χ1v) is 6.99. The summed E-state index contributed by atoms with van der Waals surface area (Å²) in [5, 5.41) is 0. The van der Waals surface area contributed by atoms with Gasteiger partial charge in [-0.3, -0.25) is 9.59 Å². The molecule has 0 unspecified atom stereocenters. The van der Waals surface area contributed by atoms with E-state index < -0.39 is 5.97 Å². The molecule has 0 N–H and O–H groups in total. The maximum atomic E-state index is 12.9. The maximum absolute atomic E-state index is 12.9. The van der Waals surface area contributed by atoms with Crippen molar-refractivity contribution in [2.24, 2.45) is 0 Å². The number of carbonyl (C=O) groups is 2. The van der Waals surface area contributed by atoms with Crippen LogP contribution in [0.5, 0.6) is 11.5 Å². The fourth-order valence-corrected chi connectivity index (χ4v) is 2.30. The van der Waals surface area contributed by atoms with E-state index in [1.165, 1.54) is 25.1 Å². The van der Waals surface area contributed by atoms with Crippen molar-refractivity contribution in [3.63, 3.8) is 0 Å². The predicted molar refractivity (Wildman–Crippen MR) is 82.0 cm³/mol. The number of Topliss-reactive ketones (excluding diaryl/α,β-unsaturated/α-hetero) is 1. The molecule has 0 atom stereocenters. The molecule has 23 heavy (non-hydrogen) atoms. The third kappa shape index (κ3) is 3.29. The van der Waals surface area contributed by atoms with Crippen LogP contribution in [0, 0.1) is 5.82 Å². The molecular formula is C18H13FO4. The molecule has 1 heterocycles. The van der Waals surface area contributed by atoms with Crippen LogP contribution in [0.2, 0.25) is 0 Å². The Morgan fingerprint density at radius 2 is 1.96 bits per heavy atom. The molecule has 0 aromatic heterocycles. The van der Waals surface area contributed by atoms with Gasteiger partial charge in [0.25, 0.3) is 0 Å². The molecule has 4 nitrogen and oxygen atoms in total. The average Bonchev–Trinajstić information content (AvgIpc) is 2.51. The van der Waals surface area contributed by atoms with Crippen molar-refractivity contribution in [1.82, 2.24) is 0 Å². The van der Waals surface area contributed by atoms with Gasteiger partial charge in [0.2, 0.25) is 0 Å². The Bertz CT molecular complexity index is 806. The monoisotopic (exact) mass is 312 g/mol. The van der Waals surface area contributed by atoms with Gasteiger partial charge in [-0.05, 0) is 35.9 Å². The van der Waals surface area contributed by atoms with Crippen molar-refractivity contribution in [2.75, 3.05) is 6.61 Å². The van der Waals surface area contributed by atoms with Crippen molar-refractivity contribution < 1.29 is 23.5 Å². The van der Waals surface area contributed by atoms with Crippen molar-refractivity contribution in [3.05, 3.63) is 65.0 Å². The molecule has 0 amide bonds. The summed E-state index contributed by atoms with van der Waals surface area (Å²) in [6.07, 6.45) is 1.67. The molecule has 0 aliphatic carbocycles. The quantitative estimate of drug-likeness (QED) is 0.484. The second-order valence-electron chi connectivity index (χ2n) is 5.09. The molecule has 1 aliphatic heterocycles. The van der Waals surface area contributed by atoms with Crippen LogP contribution in [0.4, 0.5) is 4.39 Å². The third-order valence-electron chi connectivity index (χ3n) is 3.35. The lowest BCUT2D eigenvalue weighted by Crippen LogP contribution is -2.19. The number of hydrogen-bond donors (Lipinski definition) is 0. The summed E-state index contributed by atoms with van der Waals surface area (Å²) in [5.41, 5.74) is 1.60. The molecule has 2 aromatic rings. The average molecular weight is 312 g/mol. The Morgan fingerprint density at radius 1 is 1.22 bits per heavy atom. The SMILES string of the molecule is CC(=O)Oc1ccc2c(c1)OCC(=Cc1ccc(F)cc1)C2=O. The molecule has 0 spiro atoms. The first kappa shape index (κ1) is 15.0. The van der Waals surface area contributed by atoms with Gasteiger partial charge < -0.3 is 9.47 Å². The highest BCUT2D eigenvalue weighted by Gasteiger charge is 2.24. The van der Waals surface area contributed by atoms with E-state index in [0.29, 0.717) is 22.6 Å². The minimum atomic E-state index is -0.441. The smallest absolute Gasteiger partial charge is 0.308 e. The van der Waals surface area contributed by atoms with E-state index in [4.69, 9.17) is 9.47 Å². The predicted octanol–water partition coefficient (Wildman–Crippen LogP) is 3.41. The van der Waals surface area contributed by atoms with Crippen LogP contribution in [-0.2, 0) is 4.79 Å². The lowest BCUT2D eigenvalue weighted by molar-refractivity contribution is -0.131. The molecular weight excluding hydrogens is 299 g/mol. The lowest BCUT2D eigenvalue weighted by atomic mass is 9.98. The van der Waals surface area contributed by atoms with Crippen molar-refractivity contribution in [2.45, 2.75) is 6.92 Å². The van der Waals surface area contributed by atoms with Gasteiger partial charge in [-0.1, -0.05) is 12.1 Å². The summed E-state index contributed by atoms with van der Waals surface area (Å²) in [5.74, 6) is -0.226. The molecule has 0 fully saturated rings. The molecule has 0 saturated carbocycles. The Hall–Kier alpha value is -2.95. The standard InChI is InChI=1S/C18H13FO4/c1-11(20)23-15-6-7-16-17(9-15)22-10-13(18(16)21)8-12-2-4-14(19)5-3-12/h2-9H,10H2,1H3.